The first-order chi connectivity index (χ1) is 30.4. The molecule has 2 heterocycles. The number of aryl methyl sites for hydroxylation is 1. The third-order valence-electron chi connectivity index (χ3n) is 19.7. The van der Waals surface area contributed by atoms with E-state index in [0.29, 0.717) is 17.7 Å². The average molecular weight is 911 g/mol. The minimum Gasteiger partial charge on any atom is -0.469 e. The van der Waals surface area contributed by atoms with Gasteiger partial charge in [0.15, 0.2) is 0 Å². The van der Waals surface area contributed by atoms with Crippen LogP contribution in [0.1, 0.15) is 130 Å². The fraction of sp³-hybridized carbons (Fsp3) is 0.660. The molecule has 5 aliphatic carbocycles. The van der Waals surface area contributed by atoms with Crippen LogP contribution in [-0.2, 0) is 44.0 Å². The molecule has 1 unspecified atom stereocenters. The van der Waals surface area contributed by atoms with Crippen LogP contribution in [0.5, 0.6) is 0 Å². The molecule has 5 fully saturated rings. The van der Waals surface area contributed by atoms with E-state index in [1.807, 2.05) is 19.1 Å². The lowest BCUT2D eigenvalue weighted by molar-refractivity contribution is -0.196. The number of fused-ring (bicyclic) bond motifs is 10. The maximum Gasteiger partial charge on any atom is 0.411 e. The Balaban J connectivity index is 1.17. The molecule has 2 aliphatic heterocycles. The number of sulfonamides is 1. The molecule has 4 saturated carbocycles. The molecule has 352 valence electrons. The number of allylic oxidation sites excluding steroid dienone is 2. The van der Waals surface area contributed by atoms with E-state index in [0.717, 1.165) is 56.9 Å². The quantitative estimate of drug-likeness (QED) is 0.158. The average Bonchev–Trinajstić information content (AvgIpc) is 3.74. The molecule has 2 aromatic carbocycles. The Morgan fingerprint density at radius 1 is 0.785 bits per heavy atom. The van der Waals surface area contributed by atoms with E-state index in [-0.39, 0.29) is 68.9 Å². The van der Waals surface area contributed by atoms with Gasteiger partial charge >= 0.3 is 18.0 Å². The highest BCUT2D eigenvalue weighted by molar-refractivity contribution is 7.93. The minimum atomic E-state index is -4.36. The van der Waals surface area contributed by atoms with Gasteiger partial charge in [0.25, 0.3) is 10.0 Å². The molecular weight excluding hydrogens is 841 g/mol. The summed E-state index contributed by atoms with van der Waals surface area (Å²) in [6.45, 7) is 18.2. The number of esters is 2. The summed E-state index contributed by atoms with van der Waals surface area (Å²) in [4.78, 5) is 58.7. The van der Waals surface area contributed by atoms with Crippen LogP contribution in [0.4, 0.5) is 10.5 Å². The number of nitrogens with zero attached hydrogens (tertiary/aromatic N) is 2. The highest BCUT2D eigenvalue weighted by atomic mass is 32.2. The van der Waals surface area contributed by atoms with Crippen molar-refractivity contribution in [1.29, 1.82) is 0 Å². The first-order valence-electron chi connectivity index (χ1n) is 23.9. The number of carbonyl (C=O) groups is 4. The highest BCUT2D eigenvalue weighted by Crippen LogP contribution is 2.76. The number of methoxy groups -OCH3 is 3. The topological polar surface area (TPSA) is 137 Å². The van der Waals surface area contributed by atoms with Gasteiger partial charge < -0.3 is 14.2 Å². The number of Topliss-reactive ketones (excluding diaryl/α,β-unsaturated/α-hetero) is 1. The van der Waals surface area contributed by atoms with Gasteiger partial charge in [0.1, 0.15) is 18.0 Å². The number of anilines is 1. The summed E-state index contributed by atoms with van der Waals surface area (Å²) in [5.41, 5.74) is 0.511. The number of rotatable bonds is 6. The number of benzene rings is 2. The molecule has 12 heteroatoms. The fourth-order valence-corrected chi connectivity index (χ4v) is 18.1. The predicted molar refractivity (Wildman–Crippen MR) is 247 cm³/mol. The number of carbonyl (C=O) groups excluding carboxylic acids is 4. The van der Waals surface area contributed by atoms with Crippen molar-refractivity contribution in [3.8, 4) is 0 Å². The van der Waals surface area contributed by atoms with Gasteiger partial charge in [0, 0.05) is 16.7 Å². The predicted octanol–water partition coefficient (Wildman–Crippen LogP) is 9.94. The molecule has 65 heavy (non-hydrogen) atoms. The van der Waals surface area contributed by atoms with Crippen molar-refractivity contribution in [1.82, 2.24) is 4.90 Å². The standard InChI is InChI=1S/C53H70N2O9S/c1-32-16-18-34(19-17-32)65(60,61)55-38-15-13-12-14-36(38)53(31-39(43(57)62-9)54(44(53)55)46(59)64-11)29-33-28-49(6)40(48(4,5)42(33)56)22-23-51(8)41(49)21-20-35-37-30-47(2,3)24-26-52(37,45(58)63-10)27-25-50(35,51)7/h12-20,33,37,39-41,44H,21-31H2,1-11H3/t33?,37-,39-,40-,41+,44+,49-,50+,51+,52-,53-/m0/s1. The molecule has 0 aromatic heterocycles. The van der Waals surface area contributed by atoms with Crippen LogP contribution in [-0.4, -0.2) is 70.7 Å². The Kier molecular flexibility index (Phi) is 10.5. The van der Waals surface area contributed by atoms with Crippen LogP contribution in [0.2, 0.25) is 0 Å². The van der Waals surface area contributed by atoms with E-state index in [9.17, 15) is 14.4 Å². The van der Waals surface area contributed by atoms with Crippen molar-refractivity contribution in [2.24, 2.45) is 56.2 Å². The molecule has 11 atom stereocenters. The van der Waals surface area contributed by atoms with Crippen molar-refractivity contribution < 1.29 is 41.8 Å². The Morgan fingerprint density at radius 2 is 1.46 bits per heavy atom. The number of likely N-dealkylation sites (tertiary alicyclic amines) is 1. The van der Waals surface area contributed by atoms with Gasteiger partial charge in [0.2, 0.25) is 0 Å². The number of ketones is 1. The number of para-hydroxylation sites is 1. The molecule has 1 amide bonds. The van der Waals surface area contributed by atoms with Gasteiger partial charge in [-0.2, -0.15) is 0 Å². The lowest BCUT2D eigenvalue weighted by Crippen LogP contribution is -2.66. The largest absolute Gasteiger partial charge is 0.469 e. The van der Waals surface area contributed by atoms with E-state index in [4.69, 9.17) is 14.2 Å². The third kappa shape index (κ3) is 6.11. The first kappa shape index (κ1) is 45.9. The lowest BCUT2D eigenvalue weighted by Gasteiger charge is -2.71. The Hall–Kier alpha value is -4.19. The second kappa shape index (κ2) is 14.9. The SMILES string of the molecule is COC(=O)[C@@H]1C[C@@]2(CC3C[C@]4(C)[C@H]5CC=C6[C@@H]7CC(C)(C)CC[C@]7(C(=O)OC)CC[C@@]6(C)[C@]5(C)CC[C@H]4C(C)(C)C3=O)c3ccccc3N(S(=O)(=O)c3ccc(C)cc3)[C@H]2N1C(=O)OC. The van der Waals surface area contributed by atoms with E-state index >= 15 is 13.2 Å². The van der Waals surface area contributed by atoms with Crippen LogP contribution < -0.4 is 4.31 Å². The summed E-state index contributed by atoms with van der Waals surface area (Å²) in [7, 11) is -0.321. The first-order valence-corrected chi connectivity index (χ1v) is 25.4. The zero-order valence-corrected chi connectivity index (χ0v) is 41.2. The maximum atomic E-state index is 15.5. The lowest BCUT2D eigenvalue weighted by atomic mass is 9.33. The summed E-state index contributed by atoms with van der Waals surface area (Å²) < 4.78 is 48.0. The molecule has 0 spiro atoms. The van der Waals surface area contributed by atoms with Crippen molar-refractivity contribution >= 4 is 39.5 Å². The monoisotopic (exact) mass is 910 g/mol. The second-order valence-electron chi connectivity index (χ2n) is 23.3. The zero-order valence-electron chi connectivity index (χ0n) is 40.4. The molecule has 9 rings (SSSR count). The maximum absolute atomic E-state index is 15.5. The summed E-state index contributed by atoms with van der Waals surface area (Å²) in [6.07, 6.45) is 8.50. The Bertz CT molecular complexity index is 2480. The summed E-state index contributed by atoms with van der Waals surface area (Å²) in [5, 5.41) is 0. The number of hydrogen-bond donors (Lipinski definition) is 0. The summed E-state index contributed by atoms with van der Waals surface area (Å²) in [5.74, 6) is -0.701. The van der Waals surface area contributed by atoms with E-state index < -0.39 is 56.5 Å². The van der Waals surface area contributed by atoms with E-state index in [2.05, 4.69) is 54.5 Å². The number of amides is 1. The van der Waals surface area contributed by atoms with Gasteiger partial charge in [-0.05, 0) is 141 Å². The van der Waals surface area contributed by atoms with Crippen LogP contribution >= 0.6 is 0 Å². The normalized spacial score (nSPS) is 38.8. The van der Waals surface area contributed by atoms with Crippen LogP contribution in [0, 0.1) is 63.1 Å². The van der Waals surface area contributed by atoms with Crippen molar-refractivity contribution in [3.05, 3.63) is 71.3 Å². The molecule has 7 aliphatic rings. The van der Waals surface area contributed by atoms with E-state index in [1.165, 1.54) is 29.0 Å². The Labute approximate surface area is 386 Å². The van der Waals surface area contributed by atoms with Gasteiger partial charge in [0.05, 0.1) is 37.3 Å². The highest BCUT2D eigenvalue weighted by Gasteiger charge is 2.72. The van der Waals surface area contributed by atoms with Crippen molar-refractivity contribution in [2.75, 3.05) is 25.6 Å². The molecule has 0 N–H and O–H groups in total. The van der Waals surface area contributed by atoms with Crippen LogP contribution in [0.25, 0.3) is 0 Å². The van der Waals surface area contributed by atoms with Gasteiger partial charge in [-0.15, -0.1) is 0 Å². The molecule has 1 saturated heterocycles. The number of hydrogen-bond acceptors (Lipinski definition) is 9. The van der Waals surface area contributed by atoms with Crippen LogP contribution in [0.15, 0.2) is 65.1 Å². The molecule has 0 radical (unpaired) electrons. The van der Waals surface area contributed by atoms with Gasteiger partial charge in [-0.1, -0.05) is 96.0 Å². The molecule has 2 aromatic rings. The van der Waals surface area contributed by atoms with Crippen molar-refractivity contribution in [3.63, 3.8) is 0 Å². The van der Waals surface area contributed by atoms with Crippen LogP contribution in [0.3, 0.4) is 0 Å². The van der Waals surface area contributed by atoms with Crippen molar-refractivity contribution in [2.45, 2.75) is 149 Å². The number of ether oxygens (including phenoxy) is 3. The summed E-state index contributed by atoms with van der Waals surface area (Å²) in [6, 6.07) is 12.8. The molecular formula is C53H70N2O9S. The van der Waals surface area contributed by atoms with Gasteiger partial charge in [-0.25, -0.2) is 22.3 Å². The zero-order chi connectivity index (χ0) is 47.1. The van der Waals surface area contributed by atoms with E-state index in [1.54, 1.807) is 43.5 Å². The smallest absolute Gasteiger partial charge is 0.411 e. The second-order valence-corrected chi connectivity index (χ2v) is 25.2. The van der Waals surface area contributed by atoms with Gasteiger partial charge in [-0.3, -0.25) is 14.5 Å². The fourth-order valence-electron chi connectivity index (χ4n) is 16.4. The molecule has 11 nitrogen and oxygen atoms in total. The Morgan fingerprint density at radius 3 is 2.12 bits per heavy atom. The summed E-state index contributed by atoms with van der Waals surface area (Å²) >= 11 is 0. The minimum absolute atomic E-state index is 0.0473. The third-order valence-corrected chi connectivity index (χ3v) is 21.4. The molecule has 0 bridgehead atoms.